The van der Waals surface area contributed by atoms with Crippen LogP contribution in [0.3, 0.4) is 0 Å². The Labute approximate surface area is 114 Å². The molecule has 1 atom stereocenters. The second-order valence-electron chi connectivity index (χ2n) is 5.35. The number of rotatable bonds is 3. The topological polar surface area (TPSA) is 37.0 Å². The Morgan fingerprint density at radius 2 is 2.26 bits per heavy atom. The molecular formula is C16H22N2O. The Bertz CT molecular complexity index is 567. The van der Waals surface area contributed by atoms with Crippen molar-refractivity contribution < 1.29 is 4.74 Å². The Balaban J connectivity index is 1.99. The van der Waals surface area contributed by atoms with Crippen LogP contribution in [0.15, 0.2) is 18.2 Å². The van der Waals surface area contributed by atoms with E-state index in [9.17, 15) is 0 Å². The highest BCUT2D eigenvalue weighted by Crippen LogP contribution is 2.32. The van der Waals surface area contributed by atoms with Crippen LogP contribution in [-0.4, -0.2) is 24.7 Å². The first-order valence-corrected chi connectivity index (χ1v) is 7.25. The summed E-state index contributed by atoms with van der Waals surface area (Å²) in [7, 11) is 0. The van der Waals surface area contributed by atoms with Crippen LogP contribution in [0, 0.1) is 6.92 Å². The fourth-order valence-corrected chi connectivity index (χ4v) is 3.09. The second kappa shape index (κ2) is 5.25. The molecule has 1 saturated heterocycles. The van der Waals surface area contributed by atoms with Gasteiger partial charge in [0.15, 0.2) is 0 Å². The number of hydrogen-bond acceptors (Lipinski definition) is 2. The van der Waals surface area contributed by atoms with E-state index in [1.807, 2.05) is 13.0 Å². The average molecular weight is 258 g/mol. The van der Waals surface area contributed by atoms with Gasteiger partial charge in [-0.05, 0) is 57.0 Å². The highest BCUT2D eigenvalue weighted by Gasteiger charge is 2.20. The summed E-state index contributed by atoms with van der Waals surface area (Å²) >= 11 is 0. The highest BCUT2D eigenvalue weighted by molar-refractivity contribution is 5.86. The first kappa shape index (κ1) is 12.5. The average Bonchev–Trinajstić information content (AvgIpc) is 2.78. The molecule has 0 radical (unpaired) electrons. The van der Waals surface area contributed by atoms with Crippen molar-refractivity contribution >= 4 is 10.9 Å². The van der Waals surface area contributed by atoms with Gasteiger partial charge in [-0.3, -0.25) is 0 Å². The molecule has 0 spiro atoms. The summed E-state index contributed by atoms with van der Waals surface area (Å²) in [4.78, 5) is 3.61. The fraction of sp³-hybridized carbons (Fsp3) is 0.500. The number of nitrogens with one attached hydrogen (secondary N) is 2. The lowest BCUT2D eigenvalue weighted by Crippen LogP contribution is -2.28. The van der Waals surface area contributed by atoms with E-state index in [1.54, 1.807) is 0 Å². The van der Waals surface area contributed by atoms with Gasteiger partial charge < -0.3 is 15.0 Å². The van der Waals surface area contributed by atoms with Gasteiger partial charge in [-0.25, -0.2) is 0 Å². The smallest absolute Gasteiger partial charge is 0.120 e. The molecule has 0 saturated carbocycles. The van der Waals surface area contributed by atoms with Crippen molar-refractivity contribution in [3.63, 3.8) is 0 Å². The predicted octanol–water partition coefficient (Wildman–Crippen LogP) is 3.34. The molecule has 0 aliphatic carbocycles. The van der Waals surface area contributed by atoms with Gasteiger partial charge in [-0.1, -0.05) is 0 Å². The summed E-state index contributed by atoms with van der Waals surface area (Å²) in [6, 6.07) is 6.34. The molecule has 2 N–H and O–H groups in total. The van der Waals surface area contributed by atoms with Gasteiger partial charge in [0.1, 0.15) is 5.75 Å². The zero-order valence-electron chi connectivity index (χ0n) is 11.8. The third kappa shape index (κ3) is 2.35. The molecule has 1 aromatic heterocycles. The van der Waals surface area contributed by atoms with Crippen LogP contribution >= 0.6 is 0 Å². The molecule has 19 heavy (non-hydrogen) atoms. The van der Waals surface area contributed by atoms with Crippen LogP contribution in [0.2, 0.25) is 0 Å². The molecule has 0 bridgehead atoms. The van der Waals surface area contributed by atoms with Crippen LogP contribution in [0.1, 0.15) is 36.9 Å². The van der Waals surface area contributed by atoms with Crippen molar-refractivity contribution in [3.05, 3.63) is 29.5 Å². The maximum Gasteiger partial charge on any atom is 0.120 e. The number of fused-ring (bicyclic) bond motifs is 1. The summed E-state index contributed by atoms with van der Waals surface area (Å²) in [5.74, 6) is 1.59. The van der Waals surface area contributed by atoms with Crippen LogP contribution in [0.4, 0.5) is 0 Å². The summed E-state index contributed by atoms with van der Waals surface area (Å²) in [5.41, 5.74) is 4.00. The molecule has 3 heteroatoms. The third-order valence-corrected chi connectivity index (χ3v) is 4.08. The highest BCUT2D eigenvalue weighted by atomic mass is 16.5. The molecule has 3 rings (SSSR count). The lowest BCUT2D eigenvalue weighted by Gasteiger charge is -2.22. The Morgan fingerprint density at radius 1 is 1.37 bits per heavy atom. The van der Waals surface area contributed by atoms with Crippen molar-refractivity contribution in [3.8, 4) is 5.75 Å². The van der Waals surface area contributed by atoms with Gasteiger partial charge in [0.05, 0.1) is 6.61 Å². The SMILES string of the molecule is CCOc1ccc2[nH]c(C3CCCNC3)c(C)c2c1. The van der Waals surface area contributed by atoms with Gasteiger partial charge in [-0.15, -0.1) is 0 Å². The van der Waals surface area contributed by atoms with Crippen molar-refractivity contribution in [1.82, 2.24) is 10.3 Å². The summed E-state index contributed by atoms with van der Waals surface area (Å²) in [5, 5.41) is 4.79. The van der Waals surface area contributed by atoms with Crippen LogP contribution in [0.25, 0.3) is 10.9 Å². The number of aromatic nitrogens is 1. The molecule has 3 nitrogen and oxygen atoms in total. The van der Waals surface area contributed by atoms with E-state index in [0.29, 0.717) is 12.5 Å². The van der Waals surface area contributed by atoms with Crippen LogP contribution in [0.5, 0.6) is 5.75 Å². The maximum absolute atomic E-state index is 5.60. The maximum atomic E-state index is 5.60. The van der Waals surface area contributed by atoms with Crippen LogP contribution in [-0.2, 0) is 0 Å². The number of aryl methyl sites for hydroxylation is 1. The summed E-state index contributed by atoms with van der Waals surface area (Å²) in [6.07, 6.45) is 2.54. The van der Waals surface area contributed by atoms with E-state index in [4.69, 9.17) is 4.74 Å². The van der Waals surface area contributed by atoms with Crippen molar-refractivity contribution in [2.24, 2.45) is 0 Å². The van der Waals surface area contributed by atoms with Crippen LogP contribution < -0.4 is 10.1 Å². The number of piperidine rings is 1. The van der Waals surface area contributed by atoms with E-state index >= 15 is 0 Å². The number of H-pyrrole nitrogens is 1. The molecule has 1 unspecified atom stereocenters. The van der Waals surface area contributed by atoms with E-state index in [0.717, 1.165) is 18.8 Å². The minimum absolute atomic E-state index is 0.622. The standard InChI is InChI=1S/C16H22N2O/c1-3-19-13-6-7-15-14(9-13)11(2)16(18-15)12-5-4-8-17-10-12/h6-7,9,12,17-18H,3-5,8,10H2,1-2H3. The zero-order chi connectivity index (χ0) is 13.2. The molecule has 1 aliphatic rings. The number of hydrogen-bond donors (Lipinski definition) is 2. The zero-order valence-corrected chi connectivity index (χ0v) is 11.8. The third-order valence-electron chi connectivity index (χ3n) is 4.08. The van der Waals surface area contributed by atoms with E-state index in [-0.39, 0.29) is 0 Å². The molecule has 1 aromatic carbocycles. The second-order valence-corrected chi connectivity index (χ2v) is 5.35. The minimum Gasteiger partial charge on any atom is -0.494 e. The normalized spacial score (nSPS) is 19.8. The quantitative estimate of drug-likeness (QED) is 0.886. The van der Waals surface area contributed by atoms with Crippen molar-refractivity contribution in [2.45, 2.75) is 32.6 Å². The van der Waals surface area contributed by atoms with E-state index in [2.05, 4.69) is 29.4 Å². The Hall–Kier alpha value is -1.48. The van der Waals surface area contributed by atoms with Crippen molar-refractivity contribution in [2.75, 3.05) is 19.7 Å². The molecule has 0 amide bonds. The molecular weight excluding hydrogens is 236 g/mol. The molecule has 1 aliphatic heterocycles. The van der Waals surface area contributed by atoms with Gasteiger partial charge in [0.2, 0.25) is 0 Å². The molecule has 1 fully saturated rings. The fourth-order valence-electron chi connectivity index (χ4n) is 3.09. The van der Waals surface area contributed by atoms with E-state index < -0.39 is 0 Å². The lowest BCUT2D eigenvalue weighted by atomic mass is 9.93. The lowest BCUT2D eigenvalue weighted by molar-refractivity contribution is 0.340. The number of aromatic amines is 1. The Morgan fingerprint density at radius 3 is 3.00 bits per heavy atom. The van der Waals surface area contributed by atoms with Gasteiger partial charge in [0, 0.05) is 29.1 Å². The monoisotopic (exact) mass is 258 g/mol. The number of ether oxygens (including phenoxy) is 1. The Kier molecular flexibility index (Phi) is 3.47. The molecule has 102 valence electrons. The van der Waals surface area contributed by atoms with Gasteiger partial charge in [-0.2, -0.15) is 0 Å². The largest absolute Gasteiger partial charge is 0.494 e. The first-order valence-electron chi connectivity index (χ1n) is 7.25. The van der Waals surface area contributed by atoms with Crippen molar-refractivity contribution in [1.29, 1.82) is 0 Å². The first-order chi connectivity index (χ1) is 9.29. The van der Waals surface area contributed by atoms with Gasteiger partial charge >= 0.3 is 0 Å². The minimum atomic E-state index is 0.622. The van der Waals surface area contributed by atoms with Gasteiger partial charge in [0.25, 0.3) is 0 Å². The molecule has 2 heterocycles. The summed E-state index contributed by atoms with van der Waals surface area (Å²) < 4.78 is 5.60. The predicted molar refractivity (Wildman–Crippen MR) is 79.0 cm³/mol. The number of benzene rings is 1. The molecule has 2 aromatic rings. The summed E-state index contributed by atoms with van der Waals surface area (Å²) in [6.45, 7) is 7.20. The van der Waals surface area contributed by atoms with E-state index in [1.165, 1.54) is 35.0 Å².